The number of aromatic amines is 1. The van der Waals surface area contributed by atoms with Crippen molar-refractivity contribution in [2.45, 2.75) is 6.92 Å². The van der Waals surface area contributed by atoms with Crippen molar-refractivity contribution in [3.8, 4) is 5.75 Å². The van der Waals surface area contributed by atoms with Gasteiger partial charge in [0.1, 0.15) is 5.75 Å². The van der Waals surface area contributed by atoms with Crippen molar-refractivity contribution in [3.63, 3.8) is 0 Å². The van der Waals surface area contributed by atoms with Crippen LogP contribution in [0, 0.1) is 6.92 Å². The molecule has 0 spiro atoms. The van der Waals surface area contributed by atoms with Crippen molar-refractivity contribution in [2.75, 3.05) is 6.61 Å². The van der Waals surface area contributed by atoms with Gasteiger partial charge in [-0.1, -0.05) is 16.8 Å². The molecule has 1 aromatic carbocycles. The maximum Gasteiger partial charge on any atom is 0.372 e. The Balaban J connectivity index is 1.86. The van der Waals surface area contributed by atoms with Gasteiger partial charge in [-0.15, -0.1) is 0 Å². The molecule has 0 saturated heterocycles. The molecule has 3 N–H and O–H groups in total. The number of carbonyl (C=O) groups is 1. The number of amidine groups is 1. The smallest absolute Gasteiger partial charge is 0.372 e. The summed E-state index contributed by atoms with van der Waals surface area (Å²) < 4.78 is 5.29. The summed E-state index contributed by atoms with van der Waals surface area (Å²) in [6.45, 7) is 1.56. The largest absolute Gasteiger partial charge is 0.482 e. The zero-order valence-electron chi connectivity index (χ0n) is 11.9. The van der Waals surface area contributed by atoms with E-state index in [-0.39, 0.29) is 12.4 Å². The molecule has 2 aromatic rings. The Bertz CT molecular complexity index is 690. The predicted octanol–water partition coefficient (Wildman–Crippen LogP) is 1.71. The maximum atomic E-state index is 11.6. The van der Waals surface area contributed by atoms with Gasteiger partial charge in [0.25, 0.3) is 0 Å². The summed E-state index contributed by atoms with van der Waals surface area (Å²) in [6, 6.07) is 10.4. The highest BCUT2D eigenvalue weighted by atomic mass is 35.5. The normalized spacial score (nSPS) is 11.1. The van der Waals surface area contributed by atoms with Crippen molar-refractivity contribution in [2.24, 2.45) is 10.9 Å². The van der Waals surface area contributed by atoms with E-state index in [2.05, 4.69) is 15.0 Å². The topological polar surface area (TPSA) is 88.0 Å². The zero-order valence-corrected chi connectivity index (χ0v) is 12.6. The van der Waals surface area contributed by atoms with Crippen LogP contribution in [-0.2, 0) is 9.63 Å². The lowest BCUT2D eigenvalue weighted by Gasteiger charge is -2.05. The van der Waals surface area contributed by atoms with Crippen LogP contribution in [0.2, 0.25) is 5.02 Å². The zero-order chi connectivity index (χ0) is 15.9. The maximum absolute atomic E-state index is 11.6. The molecule has 114 valence electrons. The van der Waals surface area contributed by atoms with E-state index in [0.717, 1.165) is 5.56 Å². The van der Waals surface area contributed by atoms with Crippen LogP contribution in [0.25, 0.3) is 0 Å². The van der Waals surface area contributed by atoms with Gasteiger partial charge in [0, 0.05) is 17.2 Å². The molecule has 1 aromatic heterocycles. The molecular weight excluding hydrogens is 306 g/mol. The van der Waals surface area contributed by atoms with Crippen molar-refractivity contribution in [3.05, 3.63) is 58.9 Å². The standard InChI is InChI=1S/C15H14ClN3O3/c1-10-8-11(5-6-12(10)16)21-9-14(20)22-19-15(17)13-4-2-3-7-18-13/h2-8H,9H2,1H3,(H2,17,19)/p+1. The Morgan fingerprint density at radius 2 is 2.18 bits per heavy atom. The van der Waals surface area contributed by atoms with Crippen LogP contribution in [0.15, 0.2) is 47.8 Å². The molecule has 0 aliphatic carbocycles. The molecule has 22 heavy (non-hydrogen) atoms. The van der Waals surface area contributed by atoms with Crippen molar-refractivity contribution in [1.82, 2.24) is 0 Å². The fourth-order valence-corrected chi connectivity index (χ4v) is 1.70. The molecule has 0 atom stereocenters. The number of rotatable bonds is 5. The Morgan fingerprint density at radius 3 is 2.86 bits per heavy atom. The van der Waals surface area contributed by atoms with Gasteiger partial charge in [0.2, 0.25) is 11.5 Å². The summed E-state index contributed by atoms with van der Waals surface area (Å²) >= 11 is 5.90. The number of ether oxygens (including phenoxy) is 1. The lowest BCUT2D eigenvalue weighted by atomic mass is 10.2. The Hall–Kier alpha value is -2.60. The molecule has 7 heteroatoms. The van der Waals surface area contributed by atoms with Crippen LogP contribution in [0.5, 0.6) is 5.75 Å². The number of oxime groups is 1. The molecule has 6 nitrogen and oxygen atoms in total. The number of aryl methyl sites for hydroxylation is 1. The van der Waals surface area contributed by atoms with E-state index >= 15 is 0 Å². The first-order chi connectivity index (χ1) is 10.6. The van der Waals surface area contributed by atoms with E-state index < -0.39 is 5.97 Å². The Morgan fingerprint density at radius 1 is 1.36 bits per heavy atom. The van der Waals surface area contributed by atoms with Gasteiger partial charge in [0.15, 0.2) is 12.8 Å². The van der Waals surface area contributed by atoms with Crippen LogP contribution in [0.1, 0.15) is 11.3 Å². The number of hydrogen-bond donors (Lipinski definition) is 1. The fourth-order valence-electron chi connectivity index (χ4n) is 1.58. The number of hydrogen-bond acceptors (Lipinski definition) is 4. The molecule has 0 saturated carbocycles. The summed E-state index contributed by atoms with van der Waals surface area (Å²) in [7, 11) is 0. The summed E-state index contributed by atoms with van der Waals surface area (Å²) in [5.74, 6) is -0.0741. The van der Waals surface area contributed by atoms with Gasteiger partial charge >= 0.3 is 5.97 Å². The van der Waals surface area contributed by atoms with Gasteiger partial charge < -0.3 is 15.3 Å². The second-order valence-corrected chi connectivity index (χ2v) is 4.82. The average molecular weight is 321 g/mol. The first-order valence-corrected chi connectivity index (χ1v) is 6.83. The predicted molar refractivity (Wildman–Crippen MR) is 81.5 cm³/mol. The van der Waals surface area contributed by atoms with Crippen LogP contribution in [0.3, 0.4) is 0 Å². The Labute approximate surface area is 132 Å². The summed E-state index contributed by atoms with van der Waals surface area (Å²) in [5, 5.41) is 4.18. The Kier molecular flexibility index (Phi) is 5.32. The lowest BCUT2D eigenvalue weighted by Crippen LogP contribution is -2.25. The number of carbonyl (C=O) groups excluding carboxylic acids is 1. The molecule has 0 aliphatic heterocycles. The number of nitrogens with zero attached hydrogens (tertiary/aromatic N) is 1. The second-order valence-electron chi connectivity index (χ2n) is 4.42. The molecule has 0 unspecified atom stereocenters. The third-order valence-corrected chi connectivity index (χ3v) is 3.14. The lowest BCUT2D eigenvalue weighted by molar-refractivity contribution is -0.380. The van der Waals surface area contributed by atoms with E-state index in [1.165, 1.54) is 0 Å². The van der Waals surface area contributed by atoms with Gasteiger partial charge in [-0.2, -0.15) is 0 Å². The number of benzene rings is 1. The number of pyridine rings is 1. The molecular formula is C15H15ClN3O3+. The molecule has 0 amide bonds. The number of nitrogens with two attached hydrogens (primary N) is 1. The first kappa shape index (κ1) is 15.8. The monoisotopic (exact) mass is 320 g/mol. The second kappa shape index (κ2) is 7.42. The summed E-state index contributed by atoms with van der Waals surface area (Å²) in [4.78, 5) is 19.1. The van der Waals surface area contributed by atoms with Crippen LogP contribution < -0.4 is 15.5 Å². The van der Waals surface area contributed by atoms with Crippen molar-refractivity contribution in [1.29, 1.82) is 0 Å². The molecule has 1 heterocycles. The molecule has 2 rings (SSSR count). The van der Waals surface area contributed by atoms with Crippen molar-refractivity contribution >= 4 is 23.4 Å². The van der Waals surface area contributed by atoms with Crippen molar-refractivity contribution < 1.29 is 19.4 Å². The van der Waals surface area contributed by atoms with Gasteiger partial charge in [-0.25, -0.2) is 9.78 Å². The van der Waals surface area contributed by atoms with Gasteiger partial charge in [-0.05, 0) is 36.8 Å². The SMILES string of the molecule is Cc1cc(OCC(=O)ON=C(N)c2cccc[nH+]2)ccc1Cl. The van der Waals surface area contributed by atoms with E-state index in [1.54, 1.807) is 42.6 Å². The molecule has 0 bridgehead atoms. The first-order valence-electron chi connectivity index (χ1n) is 6.45. The third-order valence-electron chi connectivity index (χ3n) is 2.72. The minimum absolute atomic E-state index is 0.0660. The van der Waals surface area contributed by atoms with E-state index in [0.29, 0.717) is 16.5 Å². The quantitative estimate of drug-likeness (QED) is 0.393. The van der Waals surface area contributed by atoms with Gasteiger partial charge in [0.05, 0.1) is 0 Å². The van der Waals surface area contributed by atoms with E-state index in [4.69, 9.17) is 22.1 Å². The minimum atomic E-state index is -0.661. The highest BCUT2D eigenvalue weighted by Gasteiger charge is 2.09. The van der Waals surface area contributed by atoms with E-state index in [1.807, 2.05) is 6.92 Å². The summed E-state index contributed by atoms with van der Waals surface area (Å²) in [6.07, 6.45) is 1.69. The average Bonchev–Trinajstić information content (AvgIpc) is 2.54. The highest BCUT2D eigenvalue weighted by molar-refractivity contribution is 6.31. The number of H-pyrrole nitrogens is 1. The molecule has 0 aliphatic rings. The highest BCUT2D eigenvalue weighted by Crippen LogP contribution is 2.20. The third kappa shape index (κ3) is 4.46. The number of nitrogens with one attached hydrogen (secondary N) is 1. The summed E-state index contributed by atoms with van der Waals surface area (Å²) in [5.41, 5.74) is 7.07. The minimum Gasteiger partial charge on any atom is -0.482 e. The number of halogens is 1. The molecule has 0 radical (unpaired) electrons. The number of aromatic nitrogens is 1. The van der Waals surface area contributed by atoms with Gasteiger partial charge in [-0.3, -0.25) is 0 Å². The molecule has 0 fully saturated rings. The fraction of sp³-hybridized carbons (Fsp3) is 0.133. The van der Waals surface area contributed by atoms with Crippen LogP contribution >= 0.6 is 11.6 Å². The van der Waals surface area contributed by atoms with E-state index in [9.17, 15) is 4.79 Å². The van der Waals surface area contributed by atoms with Crippen LogP contribution in [-0.4, -0.2) is 18.4 Å². The van der Waals surface area contributed by atoms with Crippen LogP contribution in [0.4, 0.5) is 0 Å².